The monoisotopic (exact) mass is 284 g/mol. The Hall–Kier alpha value is -1.24. The standard InChI is InChI=1S/C12H20N4O2S/c1-9-4-3-6-16(7-5-9)11-13-14-12(15(11)2)19-8-10(17)18/h9H,3-8H2,1-2H3,(H,17,18). The second-order valence-electron chi connectivity index (χ2n) is 5.05. The van der Waals surface area contributed by atoms with Crippen molar-refractivity contribution in [2.75, 3.05) is 23.7 Å². The van der Waals surface area contributed by atoms with Gasteiger partial charge in [-0.1, -0.05) is 18.7 Å². The second-order valence-corrected chi connectivity index (χ2v) is 5.99. The molecule has 1 aromatic heterocycles. The molecule has 1 N–H and O–H groups in total. The van der Waals surface area contributed by atoms with Crippen LogP contribution >= 0.6 is 11.8 Å². The van der Waals surface area contributed by atoms with Gasteiger partial charge in [0.05, 0.1) is 5.75 Å². The fraction of sp³-hybridized carbons (Fsp3) is 0.750. The molecule has 1 saturated heterocycles. The lowest BCUT2D eigenvalue weighted by molar-refractivity contribution is -0.133. The van der Waals surface area contributed by atoms with Crippen LogP contribution in [0.25, 0.3) is 0 Å². The molecule has 6 nitrogen and oxygen atoms in total. The molecule has 0 saturated carbocycles. The first-order valence-corrected chi connectivity index (χ1v) is 7.55. The van der Waals surface area contributed by atoms with E-state index in [9.17, 15) is 4.79 Å². The van der Waals surface area contributed by atoms with Crippen molar-refractivity contribution >= 4 is 23.7 Å². The summed E-state index contributed by atoms with van der Waals surface area (Å²) in [5.74, 6) is 0.794. The molecule has 106 valence electrons. The molecule has 1 aliphatic heterocycles. The van der Waals surface area contributed by atoms with E-state index in [0.717, 1.165) is 25.0 Å². The highest BCUT2D eigenvalue weighted by Crippen LogP contribution is 2.24. The summed E-state index contributed by atoms with van der Waals surface area (Å²) >= 11 is 1.21. The molecule has 1 aromatic rings. The van der Waals surface area contributed by atoms with Crippen molar-refractivity contribution in [1.29, 1.82) is 0 Å². The third-order valence-corrected chi connectivity index (χ3v) is 4.44. The fourth-order valence-corrected chi connectivity index (χ4v) is 2.92. The van der Waals surface area contributed by atoms with Gasteiger partial charge in [0.25, 0.3) is 0 Å². The van der Waals surface area contributed by atoms with Gasteiger partial charge < -0.3 is 10.0 Å². The van der Waals surface area contributed by atoms with Gasteiger partial charge in [0.2, 0.25) is 5.95 Å². The number of carbonyl (C=O) groups is 1. The molecule has 0 bridgehead atoms. The van der Waals surface area contributed by atoms with E-state index in [1.165, 1.54) is 31.0 Å². The summed E-state index contributed by atoms with van der Waals surface area (Å²) in [7, 11) is 1.90. The Kier molecular flexibility index (Phi) is 4.68. The Balaban J connectivity index is 2.05. The third kappa shape index (κ3) is 3.62. The lowest BCUT2D eigenvalue weighted by Gasteiger charge is -2.20. The molecule has 0 amide bonds. The zero-order valence-corrected chi connectivity index (χ0v) is 12.2. The average molecular weight is 284 g/mol. The van der Waals surface area contributed by atoms with Gasteiger partial charge >= 0.3 is 5.97 Å². The number of carboxylic acids is 1. The van der Waals surface area contributed by atoms with Crippen LogP contribution in [0, 0.1) is 5.92 Å². The molecular weight excluding hydrogens is 264 g/mol. The molecule has 1 fully saturated rings. The molecule has 0 aromatic carbocycles. The average Bonchev–Trinajstić information content (AvgIpc) is 2.58. The van der Waals surface area contributed by atoms with Crippen molar-refractivity contribution in [3.05, 3.63) is 0 Å². The number of anilines is 1. The highest BCUT2D eigenvalue weighted by molar-refractivity contribution is 7.99. The Morgan fingerprint density at radius 3 is 2.95 bits per heavy atom. The zero-order valence-electron chi connectivity index (χ0n) is 11.4. The molecule has 2 heterocycles. The van der Waals surface area contributed by atoms with Gasteiger partial charge in [0, 0.05) is 20.1 Å². The van der Waals surface area contributed by atoms with Gasteiger partial charge in [-0.3, -0.25) is 9.36 Å². The predicted octanol–water partition coefficient (Wildman–Crippen LogP) is 1.62. The van der Waals surface area contributed by atoms with Crippen LogP contribution in [0.3, 0.4) is 0 Å². The molecule has 1 aliphatic rings. The Labute approximate surface area is 117 Å². The lowest BCUT2D eigenvalue weighted by Crippen LogP contribution is -2.27. The minimum absolute atomic E-state index is 0.0169. The van der Waals surface area contributed by atoms with E-state index >= 15 is 0 Å². The number of carboxylic acid groups (broad SMARTS) is 1. The van der Waals surface area contributed by atoms with E-state index < -0.39 is 5.97 Å². The number of hydrogen-bond donors (Lipinski definition) is 1. The number of hydrogen-bond acceptors (Lipinski definition) is 5. The van der Waals surface area contributed by atoms with Crippen LogP contribution < -0.4 is 4.90 Å². The Morgan fingerprint density at radius 2 is 2.21 bits per heavy atom. The molecule has 0 radical (unpaired) electrons. The molecule has 19 heavy (non-hydrogen) atoms. The van der Waals surface area contributed by atoms with Crippen molar-refractivity contribution in [3.8, 4) is 0 Å². The van der Waals surface area contributed by atoms with Crippen molar-refractivity contribution in [3.63, 3.8) is 0 Å². The van der Waals surface area contributed by atoms with Gasteiger partial charge in [-0.15, -0.1) is 10.2 Å². The first-order valence-electron chi connectivity index (χ1n) is 6.57. The van der Waals surface area contributed by atoms with Crippen LogP contribution in [-0.2, 0) is 11.8 Å². The lowest BCUT2D eigenvalue weighted by atomic mass is 10.0. The number of rotatable bonds is 4. The highest BCUT2D eigenvalue weighted by Gasteiger charge is 2.19. The van der Waals surface area contributed by atoms with Crippen LogP contribution in [0.15, 0.2) is 5.16 Å². The molecular formula is C12H20N4O2S. The minimum Gasteiger partial charge on any atom is -0.481 e. The van der Waals surface area contributed by atoms with Crippen molar-refractivity contribution in [2.45, 2.75) is 31.3 Å². The number of aliphatic carboxylic acids is 1. The summed E-state index contributed by atoms with van der Waals surface area (Å²) in [6.45, 7) is 4.28. The zero-order chi connectivity index (χ0) is 13.8. The van der Waals surface area contributed by atoms with E-state index in [-0.39, 0.29) is 5.75 Å². The molecule has 2 rings (SSSR count). The summed E-state index contributed by atoms with van der Waals surface area (Å²) in [5.41, 5.74) is 0. The number of nitrogens with zero attached hydrogens (tertiary/aromatic N) is 4. The van der Waals surface area contributed by atoms with Gasteiger partial charge in [0.1, 0.15) is 0 Å². The van der Waals surface area contributed by atoms with E-state index in [1.807, 2.05) is 11.6 Å². The first-order chi connectivity index (χ1) is 9.08. The minimum atomic E-state index is -0.835. The number of thioether (sulfide) groups is 1. The summed E-state index contributed by atoms with van der Waals surface area (Å²) in [4.78, 5) is 12.8. The van der Waals surface area contributed by atoms with Crippen LogP contribution in [0.1, 0.15) is 26.2 Å². The number of aromatic nitrogens is 3. The molecule has 0 aliphatic carbocycles. The quantitative estimate of drug-likeness (QED) is 0.847. The Bertz CT molecular complexity index is 449. The highest BCUT2D eigenvalue weighted by atomic mass is 32.2. The maximum atomic E-state index is 10.6. The van der Waals surface area contributed by atoms with Crippen molar-refractivity contribution < 1.29 is 9.90 Å². The normalized spacial score (nSPS) is 20.3. The van der Waals surface area contributed by atoms with Crippen molar-refractivity contribution in [2.24, 2.45) is 13.0 Å². The van der Waals surface area contributed by atoms with Gasteiger partial charge in [-0.25, -0.2) is 0 Å². The largest absolute Gasteiger partial charge is 0.481 e. The maximum Gasteiger partial charge on any atom is 0.313 e. The van der Waals surface area contributed by atoms with E-state index in [0.29, 0.717) is 5.16 Å². The smallest absolute Gasteiger partial charge is 0.313 e. The molecule has 0 spiro atoms. The predicted molar refractivity (Wildman–Crippen MR) is 74.6 cm³/mol. The summed E-state index contributed by atoms with van der Waals surface area (Å²) in [6.07, 6.45) is 3.60. The molecule has 1 unspecified atom stereocenters. The summed E-state index contributed by atoms with van der Waals surface area (Å²) in [5, 5.41) is 17.7. The maximum absolute atomic E-state index is 10.6. The van der Waals surface area contributed by atoms with Crippen LogP contribution in [0.5, 0.6) is 0 Å². The third-order valence-electron chi connectivity index (χ3n) is 3.44. The SMILES string of the molecule is CC1CCCN(c2nnc(SCC(=O)O)n2C)CC1. The van der Waals surface area contributed by atoms with Gasteiger partial charge in [0.15, 0.2) is 5.16 Å². The van der Waals surface area contributed by atoms with Crippen LogP contribution in [-0.4, -0.2) is 44.7 Å². The van der Waals surface area contributed by atoms with Crippen molar-refractivity contribution in [1.82, 2.24) is 14.8 Å². The van der Waals surface area contributed by atoms with Gasteiger partial charge in [-0.2, -0.15) is 0 Å². The van der Waals surface area contributed by atoms with Gasteiger partial charge in [-0.05, 0) is 25.2 Å². The fourth-order valence-electron chi connectivity index (χ4n) is 2.30. The summed E-state index contributed by atoms with van der Waals surface area (Å²) < 4.78 is 1.89. The van der Waals surface area contributed by atoms with E-state index in [4.69, 9.17) is 5.11 Å². The second kappa shape index (κ2) is 6.27. The Morgan fingerprint density at radius 1 is 1.42 bits per heavy atom. The van der Waals surface area contributed by atoms with E-state index in [2.05, 4.69) is 22.0 Å². The molecule has 1 atom stereocenters. The topological polar surface area (TPSA) is 71.2 Å². The first kappa shape index (κ1) is 14.2. The summed E-state index contributed by atoms with van der Waals surface area (Å²) in [6, 6.07) is 0. The van der Waals surface area contributed by atoms with E-state index in [1.54, 1.807) is 0 Å². The van der Waals surface area contributed by atoms with Crippen LogP contribution in [0.2, 0.25) is 0 Å². The molecule has 7 heteroatoms. The van der Waals surface area contributed by atoms with Crippen LogP contribution in [0.4, 0.5) is 5.95 Å².